The number of hydrogen-bond acceptors (Lipinski definition) is 3. The summed E-state index contributed by atoms with van der Waals surface area (Å²) < 4.78 is 43.6. The maximum absolute atomic E-state index is 12.9. The average Bonchev–Trinajstić information content (AvgIpc) is 2.34. The maximum Gasteiger partial charge on any atom is 0.416 e. The summed E-state index contributed by atoms with van der Waals surface area (Å²) in [7, 11) is 1.51. The minimum absolute atomic E-state index is 0.136. The summed E-state index contributed by atoms with van der Waals surface area (Å²) in [5, 5.41) is 0. The summed E-state index contributed by atoms with van der Waals surface area (Å²) in [6.07, 6.45) is -4.21. The van der Waals surface area contributed by atoms with E-state index in [4.69, 9.17) is 10.6 Å². The van der Waals surface area contributed by atoms with Crippen molar-refractivity contribution in [3.63, 3.8) is 0 Å². The van der Waals surface area contributed by atoms with E-state index in [1.54, 1.807) is 13.0 Å². The summed E-state index contributed by atoms with van der Waals surface area (Å²) in [6.45, 7) is 1.78. The van der Waals surface area contributed by atoms with Crippen LogP contribution in [0.3, 0.4) is 0 Å². The molecule has 3 N–H and O–H groups in total. The van der Waals surface area contributed by atoms with Crippen molar-refractivity contribution >= 4 is 0 Å². The molecule has 0 radical (unpaired) electrons. The Balaban J connectivity index is 3.06. The van der Waals surface area contributed by atoms with E-state index in [0.29, 0.717) is 6.42 Å². The second-order valence-corrected chi connectivity index (χ2v) is 4.09. The summed E-state index contributed by atoms with van der Waals surface area (Å²) in [5.41, 5.74) is 1.88. The molecule has 0 aromatic heterocycles. The molecule has 102 valence electrons. The van der Waals surface area contributed by atoms with Gasteiger partial charge < -0.3 is 4.74 Å². The van der Waals surface area contributed by atoms with Crippen molar-refractivity contribution in [2.75, 3.05) is 7.11 Å². The van der Waals surface area contributed by atoms with E-state index in [1.807, 2.05) is 0 Å². The van der Waals surface area contributed by atoms with Crippen molar-refractivity contribution in [2.24, 2.45) is 5.84 Å². The molecule has 1 aromatic rings. The smallest absolute Gasteiger partial charge is 0.382 e. The summed E-state index contributed by atoms with van der Waals surface area (Å²) in [6, 6.07) is 4.80. The van der Waals surface area contributed by atoms with Crippen LogP contribution in [-0.2, 0) is 10.9 Å². The van der Waals surface area contributed by atoms with E-state index in [0.717, 1.165) is 6.07 Å². The Morgan fingerprint density at radius 2 is 1.94 bits per heavy atom. The third-order valence-electron chi connectivity index (χ3n) is 2.81. The summed E-state index contributed by atoms with van der Waals surface area (Å²) >= 11 is 0. The maximum atomic E-state index is 12.9. The number of rotatable bonds is 5. The van der Waals surface area contributed by atoms with Crippen LogP contribution in [0.4, 0.5) is 13.2 Å². The first-order valence-corrected chi connectivity index (χ1v) is 5.55. The fourth-order valence-electron chi connectivity index (χ4n) is 1.77. The highest BCUT2D eigenvalue weighted by Crippen LogP contribution is 2.35. The average molecular weight is 262 g/mol. The molecule has 0 heterocycles. The minimum Gasteiger partial charge on any atom is -0.382 e. The highest BCUT2D eigenvalue weighted by molar-refractivity contribution is 5.32. The number of benzene rings is 1. The van der Waals surface area contributed by atoms with Gasteiger partial charge in [-0.15, -0.1) is 0 Å². The SMILES string of the molecule is COC(C)CC(NN)c1ccccc1C(F)(F)F. The van der Waals surface area contributed by atoms with Crippen molar-refractivity contribution in [3.05, 3.63) is 35.4 Å². The molecule has 2 unspecified atom stereocenters. The Labute approximate surface area is 104 Å². The lowest BCUT2D eigenvalue weighted by molar-refractivity contribution is -0.138. The standard InChI is InChI=1S/C12H17F3N2O/c1-8(18-2)7-11(17-16)9-5-3-4-6-10(9)12(13,14)15/h3-6,8,11,17H,7,16H2,1-2H3. The quantitative estimate of drug-likeness (QED) is 0.633. The molecule has 0 saturated carbocycles. The topological polar surface area (TPSA) is 47.3 Å². The van der Waals surface area contributed by atoms with Crippen LogP contribution in [0.5, 0.6) is 0 Å². The molecule has 1 aromatic carbocycles. The van der Waals surface area contributed by atoms with Crippen LogP contribution < -0.4 is 11.3 Å². The van der Waals surface area contributed by atoms with Gasteiger partial charge in [0, 0.05) is 13.2 Å². The predicted molar refractivity (Wildman–Crippen MR) is 62.6 cm³/mol. The molecule has 0 fully saturated rings. The lowest BCUT2D eigenvalue weighted by Crippen LogP contribution is -2.32. The molecular formula is C12H17F3N2O. The molecule has 2 atom stereocenters. The second kappa shape index (κ2) is 6.17. The minimum atomic E-state index is -4.39. The van der Waals surface area contributed by atoms with E-state index in [-0.39, 0.29) is 11.7 Å². The van der Waals surface area contributed by atoms with Crippen LogP contribution in [0.2, 0.25) is 0 Å². The Bertz CT molecular complexity index is 382. The Hall–Kier alpha value is -1.11. The van der Waals surface area contributed by atoms with Crippen LogP contribution >= 0.6 is 0 Å². The van der Waals surface area contributed by atoms with Gasteiger partial charge in [-0.1, -0.05) is 18.2 Å². The van der Waals surface area contributed by atoms with Gasteiger partial charge in [0.25, 0.3) is 0 Å². The molecular weight excluding hydrogens is 245 g/mol. The largest absolute Gasteiger partial charge is 0.416 e. The number of nitrogens with one attached hydrogen (secondary N) is 1. The Morgan fingerprint density at radius 1 is 1.33 bits per heavy atom. The van der Waals surface area contributed by atoms with Crippen molar-refractivity contribution in [1.29, 1.82) is 0 Å². The number of halogens is 3. The predicted octanol–water partition coefficient (Wildman–Crippen LogP) is 2.63. The van der Waals surface area contributed by atoms with Gasteiger partial charge in [0.05, 0.1) is 11.7 Å². The number of methoxy groups -OCH3 is 1. The second-order valence-electron chi connectivity index (χ2n) is 4.09. The highest BCUT2D eigenvalue weighted by atomic mass is 19.4. The highest BCUT2D eigenvalue weighted by Gasteiger charge is 2.34. The lowest BCUT2D eigenvalue weighted by atomic mass is 9.96. The number of ether oxygens (including phenoxy) is 1. The molecule has 1 rings (SSSR count). The molecule has 3 nitrogen and oxygen atoms in total. The normalized spacial score (nSPS) is 15.4. The van der Waals surface area contributed by atoms with Gasteiger partial charge in [0.1, 0.15) is 0 Å². The fraction of sp³-hybridized carbons (Fsp3) is 0.500. The first kappa shape index (κ1) is 14.9. The van der Waals surface area contributed by atoms with Gasteiger partial charge >= 0.3 is 6.18 Å². The van der Waals surface area contributed by atoms with E-state index >= 15 is 0 Å². The van der Waals surface area contributed by atoms with Crippen molar-refractivity contribution in [2.45, 2.75) is 31.7 Å². The van der Waals surface area contributed by atoms with Gasteiger partial charge in [-0.05, 0) is 25.0 Å². The third kappa shape index (κ3) is 3.69. The molecule has 0 aliphatic carbocycles. The summed E-state index contributed by atoms with van der Waals surface area (Å²) in [5.74, 6) is 5.35. The summed E-state index contributed by atoms with van der Waals surface area (Å²) in [4.78, 5) is 0. The number of hydrazine groups is 1. The van der Waals surface area contributed by atoms with Gasteiger partial charge in [0.2, 0.25) is 0 Å². The molecule has 0 bridgehead atoms. The zero-order valence-electron chi connectivity index (χ0n) is 10.3. The molecule has 0 aliphatic heterocycles. The molecule has 0 amide bonds. The fourth-order valence-corrected chi connectivity index (χ4v) is 1.77. The zero-order chi connectivity index (χ0) is 13.8. The van der Waals surface area contributed by atoms with Crippen LogP contribution in [0, 0.1) is 0 Å². The van der Waals surface area contributed by atoms with Gasteiger partial charge in [-0.25, -0.2) is 0 Å². The number of nitrogens with two attached hydrogens (primary N) is 1. The Kier molecular flexibility index (Phi) is 5.13. The van der Waals surface area contributed by atoms with E-state index in [2.05, 4.69) is 5.43 Å². The molecule has 0 aliphatic rings. The molecule has 0 spiro atoms. The van der Waals surface area contributed by atoms with Gasteiger partial charge in [-0.3, -0.25) is 11.3 Å². The van der Waals surface area contributed by atoms with Gasteiger partial charge in [0.15, 0.2) is 0 Å². The van der Waals surface area contributed by atoms with Crippen molar-refractivity contribution in [3.8, 4) is 0 Å². The van der Waals surface area contributed by atoms with E-state index in [9.17, 15) is 13.2 Å². The van der Waals surface area contributed by atoms with Crippen LogP contribution in [0.25, 0.3) is 0 Å². The van der Waals surface area contributed by atoms with Crippen molar-refractivity contribution in [1.82, 2.24) is 5.43 Å². The van der Waals surface area contributed by atoms with E-state index in [1.165, 1.54) is 19.2 Å². The van der Waals surface area contributed by atoms with Crippen LogP contribution in [-0.4, -0.2) is 13.2 Å². The molecule has 6 heteroatoms. The van der Waals surface area contributed by atoms with Gasteiger partial charge in [-0.2, -0.15) is 13.2 Å². The molecule has 18 heavy (non-hydrogen) atoms. The van der Waals surface area contributed by atoms with Crippen molar-refractivity contribution < 1.29 is 17.9 Å². The van der Waals surface area contributed by atoms with Crippen LogP contribution in [0.1, 0.15) is 30.5 Å². The third-order valence-corrected chi connectivity index (χ3v) is 2.81. The first-order valence-electron chi connectivity index (χ1n) is 5.55. The van der Waals surface area contributed by atoms with E-state index < -0.39 is 17.8 Å². The zero-order valence-corrected chi connectivity index (χ0v) is 10.3. The first-order chi connectivity index (χ1) is 8.40. The monoisotopic (exact) mass is 262 g/mol. The number of hydrogen-bond donors (Lipinski definition) is 2. The van der Waals surface area contributed by atoms with Crippen LogP contribution in [0.15, 0.2) is 24.3 Å². The lowest BCUT2D eigenvalue weighted by Gasteiger charge is -2.23. The number of alkyl halides is 3. The molecule has 0 saturated heterocycles. The Morgan fingerprint density at radius 3 is 2.44 bits per heavy atom.